The molecule has 0 saturated heterocycles. The topological polar surface area (TPSA) is 0 Å². The second-order valence-electron chi connectivity index (χ2n) is 5.71. The average Bonchev–Trinajstić information content (AvgIpc) is 2.60. The maximum atomic E-state index is 3.98. The molecular weight excluding hydrogens is 312 g/mol. The lowest BCUT2D eigenvalue weighted by molar-refractivity contribution is 0.961. The van der Waals surface area contributed by atoms with Crippen LogP contribution in [0, 0.1) is 20.8 Å². The van der Waals surface area contributed by atoms with E-state index < -0.39 is 0 Å². The van der Waals surface area contributed by atoms with Crippen LogP contribution in [0.4, 0.5) is 0 Å². The quantitative estimate of drug-likeness (QED) is 0.458. The van der Waals surface area contributed by atoms with E-state index in [1.165, 1.54) is 35.1 Å². The van der Waals surface area contributed by atoms with Crippen molar-refractivity contribution in [1.82, 2.24) is 0 Å². The molecule has 0 spiro atoms. The average molecular weight is 361 g/mol. The summed E-state index contributed by atoms with van der Waals surface area (Å²) in [6, 6.07) is 4.41. The maximum Gasteiger partial charge on any atom is -0.0174 e. The van der Waals surface area contributed by atoms with E-state index in [9.17, 15) is 0 Å². The van der Waals surface area contributed by atoms with Gasteiger partial charge in [0.2, 0.25) is 0 Å². The van der Waals surface area contributed by atoms with E-state index in [2.05, 4.69) is 73.4 Å². The fourth-order valence-electron chi connectivity index (χ4n) is 2.26. The monoisotopic (exact) mass is 360 g/mol. The first-order chi connectivity index (χ1) is 12.3. The number of hydrogen-bond donors (Lipinski definition) is 0. The van der Waals surface area contributed by atoms with Crippen LogP contribution in [0.1, 0.15) is 96.4 Å². The van der Waals surface area contributed by atoms with Gasteiger partial charge in [-0.15, -0.1) is 13.2 Å². The first-order valence-electron chi connectivity index (χ1n) is 10.3. The van der Waals surface area contributed by atoms with Crippen molar-refractivity contribution in [3.63, 3.8) is 0 Å². The van der Waals surface area contributed by atoms with Crippen molar-refractivity contribution in [3.05, 3.63) is 66.3 Å². The molecular formula is C26H48. The van der Waals surface area contributed by atoms with Crippen LogP contribution >= 0.6 is 0 Å². The Bertz CT molecular complexity index is 416. The van der Waals surface area contributed by atoms with Gasteiger partial charge in [-0.05, 0) is 57.2 Å². The van der Waals surface area contributed by atoms with Crippen LogP contribution in [0.5, 0.6) is 0 Å². The smallest absolute Gasteiger partial charge is 0.0174 e. The van der Waals surface area contributed by atoms with Gasteiger partial charge in [-0.1, -0.05) is 96.4 Å². The molecule has 0 amide bonds. The fraction of sp³-hybridized carbons (Fsp3) is 0.538. The summed E-state index contributed by atoms with van der Waals surface area (Å²) in [7, 11) is 0. The molecule has 0 unspecified atom stereocenters. The van der Waals surface area contributed by atoms with Gasteiger partial charge in [-0.25, -0.2) is 0 Å². The number of benzene rings is 1. The predicted molar refractivity (Wildman–Crippen MR) is 128 cm³/mol. The minimum absolute atomic E-state index is 1.15. The van der Waals surface area contributed by atoms with Crippen molar-refractivity contribution in [2.24, 2.45) is 0 Å². The molecule has 0 heteroatoms. The van der Waals surface area contributed by atoms with Gasteiger partial charge in [0.15, 0.2) is 0 Å². The zero-order valence-corrected chi connectivity index (χ0v) is 19.8. The lowest BCUT2D eigenvalue weighted by atomic mass is 9.95. The van der Waals surface area contributed by atoms with Crippen molar-refractivity contribution in [3.8, 4) is 0 Å². The highest BCUT2D eigenvalue weighted by atomic mass is 14.1. The Hall–Kier alpha value is -1.56. The van der Waals surface area contributed by atoms with Crippen LogP contribution in [0.15, 0.2) is 44.0 Å². The Kier molecular flexibility index (Phi) is 31.7. The molecule has 152 valence electrons. The molecule has 0 aliphatic heterocycles. The van der Waals surface area contributed by atoms with E-state index in [0.717, 1.165) is 18.4 Å². The van der Waals surface area contributed by atoms with Crippen LogP contribution in [0.3, 0.4) is 0 Å². The molecule has 0 aromatic heterocycles. The molecule has 0 N–H and O–H groups in total. The van der Waals surface area contributed by atoms with Crippen molar-refractivity contribution in [1.29, 1.82) is 0 Å². The van der Waals surface area contributed by atoms with E-state index in [1.807, 2.05) is 39.8 Å². The summed E-state index contributed by atoms with van der Waals surface area (Å²) in [6.45, 7) is 31.8. The Morgan fingerprint density at radius 2 is 1.12 bits per heavy atom. The minimum Gasteiger partial charge on any atom is -0.103 e. The molecule has 26 heavy (non-hydrogen) atoms. The van der Waals surface area contributed by atoms with Gasteiger partial charge in [0.25, 0.3) is 0 Å². The SMILES string of the molecule is C=C(C)c1c(C)cc(C)cc1C.C=CCCC.C=CCCC.CC.CC. The lowest BCUT2D eigenvalue weighted by Gasteiger charge is -2.10. The second-order valence-corrected chi connectivity index (χ2v) is 5.71. The largest absolute Gasteiger partial charge is 0.103 e. The maximum absolute atomic E-state index is 3.98. The molecule has 0 nitrogen and oxygen atoms in total. The molecule has 0 atom stereocenters. The third-order valence-electron chi connectivity index (χ3n) is 3.09. The highest BCUT2D eigenvalue weighted by Gasteiger charge is 2.02. The van der Waals surface area contributed by atoms with E-state index in [0.29, 0.717) is 0 Å². The molecule has 0 fully saturated rings. The third kappa shape index (κ3) is 20.5. The molecule has 1 aromatic rings. The number of aryl methyl sites for hydroxylation is 3. The number of allylic oxidation sites excluding steroid dienone is 3. The van der Waals surface area contributed by atoms with Gasteiger partial charge < -0.3 is 0 Å². The van der Waals surface area contributed by atoms with Crippen LogP contribution in [-0.4, -0.2) is 0 Å². The summed E-state index contributed by atoms with van der Waals surface area (Å²) in [5.41, 5.74) is 6.47. The molecule has 0 bridgehead atoms. The highest BCUT2D eigenvalue weighted by Crippen LogP contribution is 2.22. The second kappa shape index (κ2) is 25.7. The fourth-order valence-corrected chi connectivity index (χ4v) is 2.26. The van der Waals surface area contributed by atoms with Crippen LogP contribution in [0.25, 0.3) is 5.57 Å². The van der Waals surface area contributed by atoms with Crippen molar-refractivity contribution in [2.45, 2.75) is 94.9 Å². The normalized spacial score (nSPS) is 7.92. The van der Waals surface area contributed by atoms with Gasteiger partial charge >= 0.3 is 0 Å². The van der Waals surface area contributed by atoms with E-state index in [4.69, 9.17) is 0 Å². The first-order valence-corrected chi connectivity index (χ1v) is 10.3. The summed E-state index contributed by atoms with van der Waals surface area (Å²) in [6.07, 6.45) is 8.62. The van der Waals surface area contributed by atoms with Gasteiger partial charge in [0.05, 0.1) is 0 Å². The van der Waals surface area contributed by atoms with Gasteiger partial charge in [-0.2, -0.15) is 0 Å². The predicted octanol–water partition coefficient (Wildman–Crippen LogP) is 9.64. The van der Waals surface area contributed by atoms with Gasteiger partial charge in [0.1, 0.15) is 0 Å². The zero-order valence-electron chi connectivity index (χ0n) is 19.8. The van der Waals surface area contributed by atoms with E-state index >= 15 is 0 Å². The minimum atomic E-state index is 1.15. The highest BCUT2D eigenvalue weighted by molar-refractivity contribution is 5.67. The summed E-state index contributed by atoms with van der Waals surface area (Å²) < 4.78 is 0. The van der Waals surface area contributed by atoms with Gasteiger partial charge in [-0.3, -0.25) is 0 Å². The zero-order chi connectivity index (χ0) is 21.5. The molecule has 0 heterocycles. The van der Waals surface area contributed by atoms with Crippen molar-refractivity contribution < 1.29 is 0 Å². The number of hydrogen-bond acceptors (Lipinski definition) is 0. The summed E-state index contributed by atoms with van der Waals surface area (Å²) in [4.78, 5) is 0. The molecule has 0 saturated carbocycles. The molecule has 1 aromatic carbocycles. The lowest BCUT2D eigenvalue weighted by Crippen LogP contribution is -1.91. The Labute approximate surface area is 167 Å². The first kappa shape index (κ1) is 32.1. The standard InChI is InChI=1S/C12H16.2C5H10.2C2H6/c1-8(2)12-10(4)6-9(3)7-11(12)5;2*1-3-5-4-2;2*1-2/h6-7H,1H2,2-5H3;2*3H,1,4-5H2,2H3;2*1-2H3. The number of rotatable bonds is 5. The van der Waals surface area contributed by atoms with Crippen LogP contribution < -0.4 is 0 Å². The van der Waals surface area contributed by atoms with Crippen molar-refractivity contribution >= 4 is 5.57 Å². The third-order valence-corrected chi connectivity index (χ3v) is 3.09. The molecule has 0 radical (unpaired) electrons. The van der Waals surface area contributed by atoms with Crippen LogP contribution in [-0.2, 0) is 0 Å². The molecule has 1 rings (SSSR count). The number of unbranched alkanes of at least 4 members (excludes halogenated alkanes) is 2. The Morgan fingerprint density at radius 3 is 1.27 bits per heavy atom. The summed E-state index contributed by atoms with van der Waals surface area (Å²) >= 11 is 0. The van der Waals surface area contributed by atoms with E-state index in [1.54, 1.807) is 0 Å². The Balaban J connectivity index is -0.000000145. The van der Waals surface area contributed by atoms with Crippen molar-refractivity contribution in [2.75, 3.05) is 0 Å². The molecule has 0 aliphatic rings. The summed E-state index contributed by atoms with van der Waals surface area (Å²) in [5.74, 6) is 0. The summed E-state index contributed by atoms with van der Waals surface area (Å²) in [5, 5.41) is 0. The van der Waals surface area contributed by atoms with Crippen LogP contribution in [0.2, 0.25) is 0 Å². The Morgan fingerprint density at radius 1 is 0.808 bits per heavy atom. The van der Waals surface area contributed by atoms with E-state index in [-0.39, 0.29) is 0 Å². The molecule has 0 aliphatic carbocycles. The van der Waals surface area contributed by atoms with Gasteiger partial charge in [0, 0.05) is 0 Å².